The molecule has 0 unspecified atom stereocenters. The monoisotopic (exact) mass is 402 g/mol. The molecule has 0 spiro atoms. The Morgan fingerprint density at radius 2 is 1.57 bits per heavy atom. The normalized spacial score (nSPS) is 18.9. The summed E-state index contributed by atoms with van der Waals surface area (Å²) in [6.45, 7) is 13.9. The fraction of sp³-hybridized carbons (Fsp3) is 0.625. The Kier molecular flexibility index (Phi) is 7.94. The number of allylic oxidation sites excluding steroid dienone is 2. The largest absolute Gasteiger partial charge is 0.546 e. The summed E-state index contributed by atoms with van der Waals surface area (Å²) in [6.07, 6.45) is 5.25. The first kappa shape index (κ1) is 22.7. The lowest BCUT2D eigenvalue weighted by Crippen LogP contribution is -2.47. The van der Waals surface area contributed by atoms with Crippen LogP contribution in [0.1, 0.15) is 72.3 Å². The summed E-state index contributed by atoms with van der Waals surface area (Å²) in [5, 5.41) is 0. The van der Waals surface area contributed by atoms with Crippen LogP contribution in [0.3, 0.4) is 0 Å². The number of carbonyl (C=O) groups is 1. The van der Waals surface area contributed by atoms with E-state index in [0.717, 1.165) is 30.6 Å². The van der Waals surface area contributed by atoms with Crippen LogP contribution >= 0.6 is 0 Å². The summed E-state index contributed by atoms with van der Waals surface area (Å²) in [6, 6.07) is 10.0. The number of rotatable bonds is 8. The third-order valence-corrected chi connectivity index (χ3v) is 12.4. The number of esters is 1. The number of hydrogen-bond acceptors (Lipinski definition) is 3. The molecule has 0 fully saturated rings. The van der Waals surface area contributed by atoms with E-state index >= 15 is 0 Å². The SMILES string of the molecule is COC(=O)[C@@H](c1ccccc1)[C@H]1C=C(O[Si](C(C)C)(C(C)C)C(C)C)CCC1. The minimum atomic E-state index is -1.98. The summed E-state index contributed by atoms with van der Waals surface area (Å²) in [4.78, 5) is 12.6. The first-order chi connectivity index (χ1) is 13.2. The molecule has 156 valence electrons. The molecule has 0 heterocycles. The minimum Gasteiger partial charge on any atom is -0.546 e. The predicted octanol–water partition coefficient (Wildman–Crippen LogP) is 6.82. The molecule has 2 atom stereocenters. The highest BCUT2D eigenvalue weighted by Crippen LogP contribution is 2.45. The van der Waals surface area contributed by atoms with Crippen molar-refractivity contribution in [3.05, 3.63) is 47.7 Å². The van der Waals surface area contributed by atoms with Crippen LogP contribution in [-0.2, 0) is 14.0 Å². The zero-order valence-electron chi connectivity index (χ0n) is 18.7. The van der Waals surface area contributed by atoms with Crippen molar-refractivity contribution in [1.82, 2.24) is 0 Å². The van der Waals surface area contributed by atoms with Crippen molar-refractivity contribution in [2.45, 2.75) is 83.3 Å². The lowest BCUT2D eigenvalue weighted by Gasteiger charge is -2.44. The topological polar surface area (TPSA) is 35.5 Å². The van der Waals surface area contributed by atoms with E-state index in [1.54, 1.807) is 0 Å². The highest BCUT2D eigenvalue weighted by atomic mass is 28.4. The number of carbonyl (C=O) groups excluding carboxylic acids is 1. The minimum absolute atomic E-state index is 0.122. The summed E-state index contributed by atoms with van der Waals surface area (Å²) < 4.78 is 12.1. The zero-order chi connectivity index (χ0) is 20.9. The average Bonchev–Trinajstić information content (AvgIpc) is 2.66. The van der Waals surface area contributed by atoms with Gasteiger partial charge in [-0.25, -0.2) is 0 Å². The van der Waals surface area contributed by atoms with Crippen molar-refractivity contribution in [3.8, 4) is 0 Å². The van der Waals surface area contributed by atoms with E-state index in [0.29, 0.717) is 16.6 Å². The lowest BCUT2D eigenvalue weighted by molar-refractivity contribution is -0.143. The zero-order valence-corrected chi connectivity index (χ0v) is 19.7. The van der Waals surface area contributed by atoms with Crippen LogP contribution in [0.2, 0.25) is 16.6 Å². The summed E-state index contributed by atoms with van der Waals surface area (Å²) >= 11 is 0. The van der Waals surface area contributed by atoms with Crippen molar-refractivity contribution in [3.63, 3.8) is 0 Å². The van der Waals surface area contributed by atoms with Gasteiger partial charge in [-0.1, -0.05) is 71.9 Å². The molecule has 2 rings (SSSR count). The van der Waals surface area contributed by atoms with Gasteiger partial charge in [0.1, 0.15) is 0 Å². The fourth-order valence-electron chi connectivity index (χ4n) is 5.19. The molecule has 0 N–H and O–H groups in total. The second-order valence-electron chi connectivity index (χ2n) is 9.02. The van der Waals surface area contributed by atoms with Gasteiger partial charge in [0.15, 0.2) is 0 Å². The molecular formula is C24H38O3Si. The fourth-order valence-corrected chi connectivity index (χ4v) is 10.5. The summed E-state index contributed by atoms with van der Waals surface area (Å²) in [7, 11) is -0.496. The molecule has 0 aromatic heterocycles. The van der Waals surface area contributed by atoms with Gasteiger partial charge in [0.25, 0.3) is 8.32 Å². The Balaban J connectivity index is 2.38. The average molecular weight is 403 g/mol. The highest BCUT2D eigenvalue weighted by molar-refractivity contribution is 6.77. The maximum atomic E-state index is 12.6. The van der Waals surface area contributed by atoms with Gasteiger partial charge in [-0.3, -0.25) is 4.79 Å². The number of hydrogen-bond donors (Lipinski definition) is 0. The lowest BCUT2D eigenvalue weighted by atomic mass is 9.80. The van der Waals surface area contributed by atoms with Crippen molar-refractivity contribution in [2.24, 2.45) is 5.92 Å². The first-order valence-corrected chi connectivity index (χ1v) is 12.9. The van der Waals surface area contributed by atoms with Gasteiger partial charge in [-0.2, -0.15) is 0 Å². The van der Waals surface area contributed by atoms with Gasteiger partial charge in [-0.15, -0.1) is 0 Å². The molecule has 0 saturated heterocycles. The first-order valence-electron chi connectivity index (χ1n) is 10.8. The third kappa shape index (κ3) is 4.70. The quantitative estimate of drug-likeness (QED) is 0.353. The Bertz CT molecular complexity index is 642. The Hall–Kier alpha value is -1.55. The molecule has 4 heteroatoms. The molecule has 1 aliphatic rings. The predicted molar refractivity (Wildman–Crippen MR) is 119 cm³/mol. The van der Waals surface area contributed by atoms with Crippen LogP contribution in [0.5, 0.6) is 0 Å². The van der Waals surface area contributed by atoms with Crippen LogP contribution in [-0.4, -0.2) is 21.4 Å². The molecular weight excluding hydrogens is 364 g/mol. The van der Waals surface area contributed by atoms with Gasteiger partial charge in [0, 0.05) is 6.42 Å². The van der Waals surface area contributed by atoms with Crippen LogP contribution < -0.4 is 0 Å². The van der Waals surface area contributed by atoms with E-state index in [9.17, 15) is 4.79 Å². The van der Waals surface area contributed by atoms with E-state index in [-0.39, 0.29) is 17.8 Å². The van der Waals surface area contributed by atoms with E-state index in [4.69, 9.17) is 9.16 Å². The second-order valence-corrected chi connectivity index (χ2v) is 14.4. The van der Waals surface area contributed by atoms with Crippen molar-refractivity contribution in [2.75, 3.05) is 7.11 Å². The van der Waals surface area contributed by atoms with Gasteiger partial charge >= 0.3 is 5.97 Å². The number of benzene rings is 1. The van der Waals surface area contributed by atoms with Gasteiger partial charge in [0.05, 0.1) is 18.8 Å². The third-order valence-electron chi connectivity index (χ3n) is 6.42. The van der Waals surface area contributed by atoms with Crippen LogP contribution in [0, 0.1) is 5.92 Å². The van der Waals surface area contributed by atoms with Crippen LogP contribution in [0.15, 0.2) is 42.2 Å². The maximum absolute atomic E-state index is 12.6. The smallest absolute Gasteiger partial charge is 0.313 e. The molecule has 1 aliphatic carbocycles. The van der Waals surface area contributed by atoms with Crippen LogP contribution in [0.4, 0.5) is 0 Å². The molecule has 1 aromatic carbocycles. The molecule has 28 heavy (non-hydrogen) atoms. The Labute approximate surface area is 172 Å². The van der Waals surface area contributed by atoms with Crippen molar-refractivity contribution < 1.29 is 14.0 Å². The maximum Gasteiger partial charge on any atom is 0.313 e. The van der Waals surface area contributed by atoms with Gasteiger partial charge < -0.3 is 9.16 Å². The van der Waals surface area contributed by atoms with Crippen molar-refractivity contribution in [1.29, 1.82) is 0 Å². The van der Waals surface area contributed by atoms with E-state index < -0.39 is 8.32 Å². The molecule has 0 saturated carbocycles. The van der Waals surface area contributed by atoms with E-state index in [2.05, 4.69) is 47.6 Å². The highest BCUT2D eigenvalue weighted by Gasteiger charge is 2.47. The van der Waals surface area contributed by atoms with Gasteiger partial charge in [-0.05, 0) is 47.0 Å². The van der Waals surface area contributed by atoms with Gasteiger partial charge in [0.2, 0.25) is 0 Å². The van der Waals surface area contributed by atoms with Crippen molar-refractivity contribution >= 4 is 14.3 Å². The molecule has 3 nitrogen and oxygen atoms in total. The summed E-state index contributed by atoms with van der Waals surface area (Å²) in [5.74, 6) is 0.799. The Morgan fingerprint density at radius 1 is 1.00 bits per heavy atom. The van der Waals surface area contributed by atoms with Crippen LogP contribution in [0.25, 0.3) is 0 Å². The number of ether oxygens (including phenoxy) is 1. The molecule has 0 radical (unpaired) electrons. The second kappa shape index (κ2) is 9.77. The molecule has 0 aliphatic heterocycles. The number of methoxy groups -OCH3 is 1. The summed E-state index contributed by atoms with van der Waals surface area (Å²) in [5.41, 5.74) is 2.65. The molecule has 0 bridgehead atoms. The molecule has 0 amide bonds. The standard InChI is InChI=1S/C24H38O3Si/c1-17(2)28(18(3)4,19(5)6)27-22-15-11-14-21(16-22)23(24(25)26-7)20-12-9-8-10-13-20/h8-10,12-13,16-19,21,23H,11,14-15H2,1-7H3/t21-,23+/m1/s1. The Morgan fingerprint density at radius 3 is 2.07 bits per heavy atom. The van der Waals surface area contributed by atoms with E-state index in [1.807, 2.05) is 30.3 Å². The van der Waals surface area contributed by atoms with E-state index in [1.165, 1.54) is 7.11 Å². The molecule has 1 aromatic rings.